The Morgan fingerprint density at radius 3 is 1.61 bits per heavy atom. The van der Waals surface area contributed by atoms with Crippen molar-refractivity contribution in [1.82, 2.24) is 5.32 Å². The molecule has 0 aliphatic carbocycles. The number of nitrogens with one attached hydrogen (secondary N) is 1. The van der Waals surface area contributed by atoms with Crippen LogP contribution in [0.5, 0.6) is 0 Å². The molecule has 0 rings (SSSR count). The van der Waals surface area contributed by atoms with E-state index in [4.69, 9.17) is 10.2 Å². The van der Waals surface area contributed by atoms with E-state index in [1.165, 1.54) is 84.0 Å². The molecule has 23 heavy (non-hydrogen) atoms. The molecule has 0 aromatic heterocycles. The molecule has 0 fully saturated rings. The van der Waals surface area contributed by atoms with E-state index in [1.807, 2.05) is 0 Å². The van der Waals surface area contributed by atoms with Gasteiger partial charge in [-0.25, -0.2) is 0 Å². The van der Waals surface area contributed by atoms with Crippen LogP contribution >= 0.6 is 0 Å². The minimum absolute atomic E-state index is 0.671. The number of unbranched alkanes of at least 4 members (excludes halogenated alkanes) is 12. The second-order valence-electron chi connectivity index (χ2n) is 6.89. The maximum Gasteiger partial charge on any atom is 0.219 e. The third-order valence-electron chi connectivity index (χ3n) is 4.15. The molecule has 0 aliphatic heterocycles. The fraction of sp³-hybridized carbons (Fsp3) is 0.900. The van der Waals surface area contributed by atoms with Crippen LogP contribution in [-0.4, -0.2) is 22.7 Å². The van der Waals surface area contributed by atoms with Crippen molar-refractivity contribution in [3.05, 3.63) is 12.2 Å². The largest absolute Gasteiger partial charge is 0.354 e. The SMILES string of the molecule is CCCCCCCC/C=C\CCCCCCCCNC(C)(O)O. The smallest absolute Gasteiger partial charge is 0.219 e. The van der Waals surface area contributed by atoms with E-state index in [2.05, 4.69) is 24.4 Å². The zero-order valence-corrected chi connectivity index (χ0v) is 15.7. The summed E-state index contributed by atoms with van der Waals surface area (Å²) in [5.74, 6) is -1.72. The van der Waals surface area contributed by atoms with Crippen molar-refractivity contribution in [3.63, 3.8) is 0 Å². The summed E-state index contributed by atoms with van der Waals surface area (Å²) < 4.78 is 0. The highest BCUT2D eigenvalue weighted by Crippen LogP contribution is 2.09. The average molecular weight is 328 g/mol. The van der Waals surface area contributed by atoms with Crippen LogP contribution in [0.3, 0.4) is 0 Å². The summed E-state index contributed by atoms with van der Waals surface area (Å²) in [5.41, 5.74) is 0. The fourth-order valence-corrected chi connectivity index (χ4v) is 2.70. The number of hydrogen-bond donors (Lipinski definition) is 3. The van der Waals surface area contributed by atoms with E-state index >= 15 is 0 Å². The molecule has 0 radical (unpaired) electrons. The molecule has 0 spiro atoms. The van der Waals surface area contributed by atoms with E-state index < -0.39 is 5.91 Å². The third-order valence-corrected chi connectivity index (χ3v) is 4.15. The minimum atomic E-state index is -1.72. The van der Waals surface area contributed by atoms with Crippen molar-refractivity contribution < 1.29 is 10.2 Å². The van der Waals surface area contributed by atoms with Gasteiger partial charge in [0.15, 0.2) is 0 Å². The topological polar surface area (TPSA) is 52.5 Å². The van der Waals surface area contributed by atoms with Crippen LogP contribution in [0.1, 0.15) is 104 Å². The summed E-state index contributed by atoms with van der Waals surface area (Å²) >= 11 is 0. The molecule has 3 N–H and O–H groups in total. The van der Waals surface area contributed by atoms with Crippen molar-refractivity contribution in [2.24, 2.45) is 0 Å². The molecule has 0 heterocycles. The summed E-state index contributed by atoms with van der Waals surface area (Å²) in [5, 5.41) is 20.8. The molecule has 3 heteroatoms. The Kier molecular flexibility index (Phi) is 16.2. The fourth-order valence-electron chi connectivity index (χ4n) is 2.70. The predicted octanol–water partition coefficient (Wildman–Crippen LogP) is 5.27. The number of allylic oxidation sites excluding steroid dienone is 2. The highest BCUT2D eigenvalue weighted by molar-refractivity contribution is 4.81. The molecule has 0 saturated carbocycles. The zero-order valence-electron chi connectivity index (χ0n) is 15.7. The van der Waals surface area contributed by atoms with E-state index in [9.17, 15) is 0 Å². The molecule has 0 bridgehead atoms. The Morgan fingerprint density at radius 2 is 1.13 bits per heavy atom. The highest BCUT2D eigenvalue weighted by Gasteiger charge is 2.11. The van der Waals surface area contributed by atoms with Crippen LogP contribution in [0.2, 0.25) is 0 Å². The lowest BCUT2D eigenvalue weighted by molar-refractivity contribution is -0.169. The van der Waals surface area contributed by atoms with E-state index in [-0.39, 0.29) is 0 Å². The van der Waals surface area contributed by atoms with Gasteiger partial charge in [-0.2, -0.15) is 0 Å². The lowest BCUT2D eigenvalue weighted by atomic mass is 10.1. The Balaban J connectivity index is 3.11. The van der Waals surface area contributed by atoms with Crippen LogP contribution in [-0.2, 0) is 0 Å². The standard InChI is InChI=1S/C20H41NO2/c1-3-4-5-6-7-8-9-10-11-12-13-14-15-16-17-18-19-21-20(2,22)23/h10-11,21-23H,3-9,12-19H2,1-2H3/b11-10-. The minimum Gasteiger partial charge on any atom is -0.354 e. The predicted molar refractivity (Wildman–Crippen MR) is 100 cm³/mol. The Hall–Kier alpha value is -0.380. The normalized spacial score (nSPS) is 12.3. The van der Waals surface area contributed by atoms with Crippen molar-refractivity contribution in [2.75, 3.05) is 6.54 Å². The third kappa shape index (κ3) is 21.6. The Morgan fingerprint density at radius 1 is 0.696 bits per heavy atom. The van der Waals surface area contributed by atoms with Crippen LogP contribution in [0.4, 0.5) is 0 Å². The van der Waals surface area contributed by atoms with Gasteiger partial charge in [0.05, 0.1) is 0 Å². The molecule has 0 atom stereocenters. The summed E-state index contributed by atoms with van der Waals surface area (Å²) in [6.07, 6.45) is 22.8. The van der Waals surface area contributed by atoms with Gasteiger partial charge in [-0.15, -0.1) is 0 Å². The van der Waals surface area contributed by atoms with Crippen molar-refractivity contribution in [1.29, 1.82) is 0 Å². The second kappa shape index (κ2) is 16.5. The van der Waals surface area contributed by atoms with Crippen LogP contribution in [0, 0.1) is 0 Å². The summed E-state index contributed by atoms with van der Waals surface area (Å²) in [7, 11) is 0. The molecule has 0 aromatic rings. The van der Waals surface area contributed by atoms with Gasteiger partial charge in [0.2, 0.25) is 5.91 Å². The molecule has 3 nitrogen and oxygen atoms in total. The van der Waals surface area contributed by atoms with Crippen LogP contribution in [0.25, 0.3) is 0 Å². The quantitative estimate of drug-likeness (QED) is 0.194. The van der Waals surface area contributed by atoms with E-state index in [0.717, 1.165) is 12.8 Å². The van der Waals surface area contributed by atoms with Crippen molar-refractivity contribution in [3.8, 4) is 0 Å². The van der Waals surface area contributed by atoms with Gasteiger partial charge in [0.1, 0.15) is 0 Å². The lowest BCUT2D eigenvalue weighted by Gasteiger charge is -2.17. The van der Waals surface area contributed by atoms with Gasteiger partial charge >= 0.3 is 0 Å². The monoisotopic (exact) mass is 327 g/mol. The Bertz CT molecular complexity index is 259. The van der Waals surface area contributed by atoms with Gasteiger partial charge < -0.3 is 10.2 Å². The molecule has 0 unspecified atom stereocenters. The number of aliphatic hydroxyl groups is 2. The maximum atomic E-state index is 9.08. The first kappa shape index (κ1) is 22.6. The second-order valence-corrected chi connectivity index (χ2v) is 6.89. The highest BCUT2D eigenvalue weighted by atomic mass is 16.5. The van der Waals surface area contributed by atoms with Gasteiger partial charge in [-0.1, -0.05) is 76.9 Å². The zero-order chi connectivity index (χ0) is 17.2. The number of hydrogen-bond acceptors (Lipinski definition) is 3. The first-order valence-corrected chi connectivity index (χ1v) is 9.91. The lowest BCUT2D eigenvalue weighted by Crippen LogP contribution is -2.42. The molecular weight excluding hydrogens is 286 g/mol. The van der Waals surface area contributed by atoms with Gasteiger partial charge in [-0.3, -0.25) is 5.32 Å². The van der Waals surface area contributed by atoms with Crippen LogP contribution < -0.4 is 5.32 Å². The van der Waals surface area contributed by atoms with Gasteiger partial charge in [-0.05, 0) is 32.1 Å². The first-order chi connectivity index (χ1) is 11.1. The molecule has 0 aromatic carbocycles. The van der Waals surface area contributed by atoms with Crippen LogP contribution in [0.15, 0.2) is 12.2 Å². The summed E-state index contributed by atoms with van der Waals surface area (Å²) in [6.45, 7) is 4.29. The van der Waals surface area contributed by atoms with Crippen molar-refractivity contribution >= 4 is 0 Å². The van der Waals surface area contributed by atoms with E-state index in [0.29, 0.717) is 6.54 Å². The van der Waals surface area contributed by atoms with Gasteiger partial charge in [0.25, 0.3) is 0 Å². The van der Waals surface area contributed by atoms with E-state index in [1.54, 1.807) is 0 Å². The molecular formula is C20H41NO2. The molecule has 138 valence electrons. The van der Waals surface area contributed by atoms with Crippen molar-refractivity contribution in [2.45, 2.75) is 110 Å². The number of rotatable bonds is 17. The molecule has 0 amide bonds. The summed E-state index contributed by atoms with van der Waals surface area (Å²) in [4.78, 5) is 0. The first-order valence-electron chi connectivity index (χ1n) is 9.91. The summed E-state index contributed by atoms with van der Waals surface area (Å²) in [6, 6.07) is 0. The molecule has 0 aliphatic rings. The maximum absolute atomic E-state index is 9.08. The average Bonchev–Trinajstić information content (AvgIpc) is 2.49. The molecule has 0 saturated heterocycles. The van der Waals surface area contributed by atoms with Gasteiger partial charge in [0, 0.05) is 13.5 Å². The Labute approximate surface area is 144 Å².